The van der Waals surface area contributed by atoms with Crippen LogP contribution in [0.5, 0.6) is 0 Å². The number of ether oxygens (including phenoxy) is 1. The van der Waals surface area contributed by atoms with E-state index in [4.69, 9.17) is 4.74 Å². The molecule has 0 unspecified atom stereocenters. The molecule has 0 fully saturated rings. The maximum absolute atomic E-state index is 11.3. The number of benzene rings is 1. The van der Waals surface area contributed by atoms with Crippen molar-refractivity contribution in [3.8, 4) is 0 Å². The number of hydrogen-bond donors (Lipinski definition) is 1. The molecular weight excluding hydrogens is 314 g/mol. The summed E-state index contributed by atoms with van der Waals surface area (Å²) in [4.78, 5) is 3.95. The molecular formula is C16H21N3O3S. The van der Waals surface area contributed by atoms with E-state index in [1.165, 1.54) is 28.4 Å². The SMILES string of the molecule is C[S@](=O)c1ncn(C[C@@H](O)CO[C@H]2CCCc3ccccc32)n1. The number of rotatable bonds is 6. The van der Waals surface area contributed by atoms with Crippen LogP contribution in [0.2, 0.25) is 0 Å². The van der Waals surface area contributed by atoms with Crippen molar-refractivity contribution in [3.05, 3.63) is 41.7 Å². The van der Waals surface area contributed by atoms with Crippen LogP contribution in [0.4, 0.5) is 0 Å². The third-order valence-electron chi connectivity index (χ3n) is 3.97. The second-order valence-corrected chi connectivity index (χ2v) is 7.04. The number of nitrogens with zero attached hydrogens (tertiary/aromatic N) is 3. The summed E-state index contributed by atoms with van der Waals surface area (Å²) in [5.74, 6) is 0. The minimum absolute atomic E-state index is 0.0454. The Morgan fingerprint density at radius 1 is 1.48 bits per heavy atom. The number of fused-ring (bicyclic) bond motifs is 1. The summed E-state index contributed by atoms with van der Waals surface area (Å²) in [6.45, 7) is 0.516. The highest BCUT2D eigenvalue weighted by Crippen LogP contribution is 2.32. The molecule has 2 aromatic rings. The molecule has 6 nitrogen and oxygen atoms in total. The summed E-state index contributed by atoms with van der Waals surface area (Å²) < 4.78 is 18.7. The van der Waals surface area contributed by atoms with Crippen molar-refractivity contribution in [2.75, 3.05) is 12.9 Å². The lowest BCUT2D eigenvalue weighted by Gasteiger charge is -2.26. The van der Waals surface area contributed by atoms with E-state index in [9.17, 15) is 9.32 Å². The maximum atomic E-state index is 11.3. The van der Waals surface area contributed by atoms with Gasteiger partial charge in [0.05, 0.1) is 36.2 Å². The van der Waals surface area contributed by atoms with Crippen LogP contribution in [0.25, 0.3) is 0 Å². The Bertz CT molecular complexity index is 689. The van der Waals surface area contributed by atoms with Gasteiger partial charge in [-0.25, -0.2) is 9.67 Å². The van der Waals surface area contributed by atoms with Crippen LogP contribution in [0.15, 0.2) is 35.7 Å². The van der Waals surface area contributed by atoms with Crippen LogP contribution in [0.3, 0.4) is 0 Å². The first-order chi connectivity index (χ1) is 11.1. The van der Waals surface area contributed by atoms with Gasteiger partial charge in [-0.1, -0.05) is 24.3 Å². The minimum atomic E-state index is -1.21. The third-order valence-corrected chi connectivity index (χ3v) is 4.68. The predicted molar refractivity (Wildman–Crippen MR) is 86.4 cm³/mol. The van der Waals surface area contributed by atoms with Gasteiger partial charge in [0.15, 0.2) is 0 Å². The largest absolute Gasteiger partial charge is 0.389 e. The van der Waals surface area contributed by atoms with E-state index in [0.29, 0.717) is 0 Å². The van der Waals surface area contributed by atoms with Gasteiger partial charge < -0.3 is 9.84 Å². The lowest BCUT2D eigenvalue weighted by atomic mass is 9.89. The average Bonchev–Trinajstić information content (AvgIpc) is 3.01. The molecule has 0 spiro atoms. The Morgan fingerprint density at radius 2 is 2.30 bits per heavy atom. The molecule has 1 aliphatic rings. The molecule has 23 heavy (non-hydrogen) atoms. The van der Waals surface area contributed by atoms with Crippen molar-refractivity contribution in [2.45, 2.75) is 43.2 Å². The maximum Gasteiger partial charge on any atom is 0.238 e. The fourth-order valence-corrected chi connectivity index (χ4v) is 3.29. The highest BCUT2D eigenvalue weighted by Gasteiger charge is 2.21. The van der Waals surface area contributed by atoms with Crippen molar-refractivity contribution in [1.29, 1.82) is 0 Å². The molecule has 3 atom stereocenters. The van der Waals surface area contributed by atoms with Gasteiger partial charge in [-0.2, -0.15) is 0 Å². The van der Waals surface area contributed by atoms with Crippen molar-refractivity contribution in [1.82, 2.24) is 14.8 Å². The number of aryl methyl sites for hydroxylation is 1. The lowest BCUT2D eigenvalue weighted by Crippen LogP contribution is -2.24. The molecule has 0 saturated heterocycles. The van der Waals surface area contributed by atoms with E-state index in [1.54, 1.807) is 0 Å². The standard InChI is InChI=1S/C16H21N3O3S/c1-23(21)16-17-11-19(18-16)9-13(20)10-22-15-8-4-6-12-5-2-3-7-14(12)15/h2-3,5,7,11,13,15,20H,4,6,8-10H2,1H3/t13-,15+,23+/m1/s1. The first-order valence-corrected chi connectivity index (χ1v) is 9.29. The molecule has 0 saturated carbocycles. The molecule has 1 N–H and O–H groups in total. The Labute approximate surface area is 138 Å². The number of aromatic nitrogens is 3. The summed E-state index contributed by atoms with van der Waals surface area (Å²) in [7, 11) is -1.21. The van der Waals surface area contributed by atoms with Crippen LogP contribution in [0, 0.1) is 0 Å². The topological polar surface area (TPSA) is 77.2 Å². The third kappa shape index (κ3) is 4.04. The fraction of sp³-hybridized carbons (Fsp3) is 0.500. The second-order valence-electron chi connectivity index (χ2n) is 5.77. The summed E-state index contributed by atoms with van der Waals surface area (Å²) >= 11 is 0. The molecule has 1 aromatic heterocycles. The molecule has 124 valence electrons. The smallest absolute Gasteiger partial charge is 0.238 e. The molecule has 0 radical (unpaired) electrons. The fourth-order valence-electron chi connectivity index (χ4n) is 2.88. The first kappa shape index (κ1) is 16.3. The highest BCUT2D eigenvalue weighted by molar-refractivity contribution is 7.84. The number of aliphatic hydroxyl groups is 1. The van der Waals surface area contributed by atoms with Crippen LogP contribution in [-0.4, -0.2) is 43.0 Å². The molecule has 0 amide bonds. The van der Waals surface area contributed by atoms with E-state index in [-0.39, 0.29) is 24.4 Å². The lowest BCUT2D eigenvalue weighted by molar-refractivity contribution is -0.0236. The van der Waals surface area contributed by atoms with Crippen molar-refractivity contribution in [3.63, 3.8) is 0 Å². The molecule has 0 bridgehead atoms. The van der Waals surface area contributed by atoms with Gasteiger partial charge in [0, 0.05) is 6.26 Å². The van der Waals surface area contributed by atoms with E-state index in [0.717, 1.165) is 19.3 Å². The van der Waals surface area contributed by atoms with Gasteiger partial charge in [0.1, 0.15) is 6.33 Å². The zero-order valence-corrected chi connectivity index (χ0v) is 13.9. The van der Waals surface area contributed by atoms with E-state index >= 15 is 0 Å². The number of aliphatic hydroxyl groups excluding tert-OH is 1. The highest BCUT2D eigenvalue weighted by atomic mass is 32.2. The Balaban J connectivity index is 1.55. The first-order valence-electron chi connectivity index (χ1n) is 7.74. The monoisotopic (exact) mass is 335 g/mol. The Morgan fingerprint density at radius 3 is 3.09 bits per heavy atom. The zero-order chi connectivity index (χ0) is 16.2. The van der Waals surface area contributed by atoms with Crippen molar-refractivity contribution >= 4 is 10.8 Å². The molecule has 3 rings (SSSR count). The summed E-state index contributed by atoms with van der Waals surface area (Å²) in [5.41, 5.74) is 2.57. The normalized spacial score (nSPS) is 20.0. The minimum Gasteiger partial charge on any atom is -0.389 e. The van der Waals surface area contributed by atoms with E-state index < -0.39 is 16.9 Å². The van der Waals surface area contributed by atoms with Gasteiger partial charge in [-0.3, -0.25) is 4.21 Å². The summed E-state index contributed by atoms with van der Waals surface area (Å²) in [6.07, 6.45) is 5.55. The molecule has 1 heterocycles. The van der Waals surface area contributed by atoms with Gasteiger partial charge in [0.25, 0.3) is 0 Å². The van der Waals surface area contributed by atoms with Gasteiger partial charge in [-0.05, 0) is 30.4 Å². The van der Waals surface area contributed by atoms with Gasteiger partial charge in [-0.15, -0.1) is 5.10 Å². The molecule has 1 aliphatic carbocycles. The number of hydrogen-bond acceptors (Lipinski definition) is 5. The van der Waals surface area contributed by atoms with Crippen LogP contribution >= 0.6 is 0 Å². The summed E-state index contributed by atoms with van der Waals surface area (Å²) in [6, 6.07) is 8.32. The predicted octanol–water partition coefficient (Wildman–Crippen LogP) is 1.47. The average molecular weight is 335 g/mol. The van der Waals surface area contributed by atoms with Gasteiger partial charge >= 0.3 is 0 Å². The molecule has 7 heteroatoms. The Kier molecular flexibility index (Phi) is 5.20. The van der Waals surface area contributed by atoms with Crippen LogP contribution in [0.1, 0.15) is 30.1 Å². The van der Waals surface area contributed by atoms with Crippen LogP contribution < -0.4 is 0 Å². The Hall–Kier alpha value is -1.57. The summed E-state index contributed by atoms with van der Waals surface area (Å²) in [5, 5.41) is 14.5. The zero-order valence-electron chi connectivity index (χ0n) is 13.1. The van der Waals surface area contributed by atoms with Crippen molar-refractivity contribution in [2.24, 2.45) is 0 Å². The van der Waals surface area contributed by atoms with Crippen LogP contribution in [-0.2, 0) is 28.5 Å². The molecule has 0 aliphatic heterocycles. The quantitative estimate of drug-likeness (QED) is 0.865. The van der Waals surface area contributed by atoms with E-state index in [2.05, 4.69) is 28.3 Å². The van der Waals surface area contributed by atoms with E-state index in [1.807, 2.05) is 6.07 Å². The molecule has 1 aromatic carbocycles. The second kappa shape index (κ2) is 7.33. The van der Waals surface area contributed by atoms with Gasteiger partial charge in [0.2, 0.25) is 5.16 Å². The van der Waals surface area contributed by atoms with Crippen molar-refractivity contribution < 1.29 is 14.1 Å².